The lowest BCUT2D eigenvalue weighted by Crippen LogP contribution is -2.29. The van der Waals surface area contributed by atoms with Crippen molar-refractivity contribution in [1.82, 2.24) is 9.13 Å². The molecule has 2 spiro atoms. The highest BCUT2D eigenvalue weighted by Crippen LogP contribution is 2.65. The second-order valence-electron chi connectivity index (χ2n) is 27.6. The van der Waals surface area contributed by atoms with E-state index in [2.05, 4.69) is 353 Å². The van der Waals surface area contributed by atoms with Crippen LogP contribution in [0.1, 0.15) is 44.5 Å². The zero-order valence-corrected chi connectivity index (χ0v) is 58.1. The van der Waals surface area contributed by atoms with Crippen LogP contribution in [0.3, 0.4) is 0 Å². The summed E-state index contributed by atoms with van der Waals surface area (Å²) in [7, 11) is -1.48. The van der Waals surface area contributed by atoms with Crippen molar-refractivity contribution in [3.63, 3.8) is 0 Å². The second-order valence-corrected chi connectivity index (χ2v) is 28.6. The van der Waals surface area contributed by atoms with Crippen molar-refractivity contribution in [2.75, 3.05) is 0 Å². The van der Waals surface area contributed by atoms with Crippen molar-refractivity contribution >= 4 is 72.1 Å². The van der Waals surface area contributed by atoms with Crippen LogP contribution in [-0.4, -0.2) is 26.3 Å². The van der Waals surface area contributed by atoms with Gasteiger partial charge in [0.2, 0.25) is 0 Å². The van der Waals surface area contributed by atoms with E-state index in [0.29, 0.717) is 5.46 Å². The minimum absolute atomic E-state index is 0.219. The summed E-state index contributed by atoms with van der Waals surface area (Å²) in [4.78, 5) is 0. The Morgan fingerprint density at radius 1 is 0.221 bits per heavy atom. The molecular formula is C98H64BBrN2O2. The van der Waals surface area contributed by atoms with Crippen LogP contribution in [0.2, 0.25) is 0 Å². The summed E-state index contributed by atoms with van der Waals surface area (Å²) in [5.74, 6) is 0. The Labute approximate surface area is 612 Å². The third-order valence-electron chi connectivity index (χ3n) is 22.4. The first-order chi connectivity index (χ1) is 51.3. The van der Waals surface area contributed by atoms with Gasteiger partial charge < -0.3 is 19.2 Å². The maximum atomic E-state index is 9.59. The summed E-state index contributed by atoms with van der Waals surface area (Å²) < 4.78 is 5.77. The maximum absolute atomic E-state index is 9.59. The van der Waals surface area contributed by atoms with Crippen LogP contribution in [-0.2, 0) is 10.8 Å². The molecule has 0 fully saturated rings. The smallest absolute Gasteiger partial charge is 0.423 e. The van der Waals surface area contributed by atoms with Gasteiger partial charge in [-0.1, -0.05) is 319 Å². The molecule has 18 aromatic rings. The van der Waals surface area contributed by atoms with Gasteiger partial charge in [-0.25, -0.2) is 0 Å². The lowest BCUT2D eigenvalue weighted by molar-refractivity contribution is 0.426. The third kappa shape index (κ3) is 9.26. The molecule has 0 saturated heterocycles. The van der Waals surface area contributed by atoms with Gasteiger partial charge >= 0.3 is 7.12 Å². The lowest BCUT2D eigenvalue weighted by Gasteiger charge is -2.30. The second kappa shape index (κ2) is 24.4. The zero-order chi connectivity index (χ0) is 69.2. The lowest BCUT2D eigenvalue weighted by atomic mass is 9.70. The number of para-hydroxylation sites is 2. The molecule has 4 aliphatic rings. The molecule has 0 atom stereocenters. The van der Waals surface area contributed by atoms with Gasteiger partial charge in [-0.3, -0.25) is 0 Å². The minimum Gasteiger partial charge on any atom is -0.423 e. The molecule has 6 heteroatoms. The van der Waals surface area contributed by atoms with E-state index < -0.39 is 7.12 Å². The average Bonchev–Trinajstić information content (AvgIpc) is 1.52. The highest BCUT2D eigenvalue weighted by molar-refractivity contribution is 9.10. The number of nitrogens with zero attached hydrogens (tertiary/aromatic N) is 2. The first kappa shape index (κ1) is 61.5. The Bertz CT molecular complexity index is 6380. The van der Waals surface area contributed by atoms with Gasteiger partial charge in [0.25, 0.3) is 0 Å². The fourth-order valence-electron chi connectivity index (χ4n) is 18.1. The Morgan fingerprint density at radius 3 is 0.981 bits per heavy atom. The van der Waals surface area contributed by atoms with Gasteiger partial charge in [0.05, 0.1) is 32.9 Å². The number of benzene rings is 16. The molecule has 0 amide bonds. The van der Waals surface area contributed by atoms with Crippen LogP contribution in [0.25, 0.3) is 133 Å². The van der Waals surface area contributed by atoms with Crippen molar-refractivity contribution in [3.8, 4) is 89.3 Å². The zero-order valence-electron chi connectivity index (χ0n) is 56.5. The summed E-state index contributed by atoms with van der Waals surface area (Å²) >= 11 is 3.72. The third-order valence-corrected chi connectivity index (χ3v) is 22.9. The van der Waals surface area contributed by atoms with E-state index in [-0.39, 0.29) is 10.8 Å². The van der Waals surface area contributed by atoms with Gasteiger partial charge in [-0.15, -0.1) is 0 Å². The van der Waals surface area contributed by atoms with E-state index in [1.54, 1.807) is 6.07 Å². The van der Waals surface area contributed by atoms with Crippen molar-refractivity contribution in [2.24, 2.45) is 0 Å². The largest absolute Gasteiger partial charge is 0.488 e. The number of aromatic nitrogens is 2. The van der Waals surface area contributed by atoms with Crippen LogP contribution < -0.4 is 5.46 Å². The fraction of sp³-hybridized carbons (Fsp3) is 0.0204. The standard InChI is InChI=1S/C49H31N.C25H15Br.C24H18BNO2/c1-2-13-32(14-3-1)33-15-12-16-36(29-33)50-47-24-11-7-20-41(47)42-30-34(26-28-48(42)50)35-25-27-40-39-19-6-10-23-45(39)49(46(40)31-35)43-21-8-4-17-37(43)38-18-5-9-22-44(38)49;26-16-13-14-20-19-9-3-6-12-23(19)25(24(20)15-16)21-10-4-1-7-17(21)18-8-2-5-11-22(18)25;27-25(28)19-13-14-24-22(16-19)21-11-4-5-12-23(21)26(24)20-10-6-9-18(15-20)17-7-2-1-3-8-17/h1-31H;1-15H;1-16,27-28H. The number of fused-ring (bicyclic) bond motifs is 26. The molecule has 16 aromatic carbocycles. The van der Waals surface area contributed by atoms with E-state index in [0.717, 1.165) is 37.5 Å². The summed E-state index contributed by atoms with van der Waals surface area (Å²) in [6, 6.07) is 136. The van der Waals surface area contributed by atoms with Gasteiger partial charge in [0.1, 0.15) is 0 Å². The molecule has 488 valence electrons. The van der Waals surface area contributed by atoms with E-state index >= 15 is 0 Å². The maximum Gasteiger partial charge on any atom is 0.488 e. The summed E-state index contributed by atoms with van der Waals surface area (Å²) in [6.07, 6.45) is 0. The normalized spacial score (nSPS) is 13.1. The molecule has 0 radical (unpaired) electrons. The molecular weight excluding hydrogens is 1330 g/mol. The average molecular weight is 1390 g/mol. The van der Waals surface area contributed by atoms with Gasteiger partial charge in [0, 0.05) is 37.4 Å². The van der Waals surface area contributed by atoms with Crippen molar-refractivity contribution in [1.29, 1.82) is 0 Å². The van der Waals surface area contributed by atoms with E-state index in [1.807, 2.05) is 42.5 Å². The summed E-state index contributed by atoms with van der Waals surface area (Å²) in [5.41, 5.74) is 35.7. The van der Waals surface area contributed by atoms with E-state index in [9.17, 15) is 10.0 Å². The number of rotatable bonds is 6. The molecule has 2 N–H and O–H groups in total. The fourth-order valence-corrected chi connectivity index (χ4v) is 18.5. The van der Waals surface area contributed by atoms with Crippen molar-refractivity contribution in [3.05, 3.63) is 425 Å². The van der Waals surface area contributed by atoms with Crippen LogP contribution in [0, 0.1) is 0 Å². The minimum atomic E-state index is -1.48. The van der Waals surface area contributed by atoms with E-state index in [1.165, 1.54) is 144 Å². The molecule has 0 saturated carbocycles. The quantitative estimate of drug-likeness (QED) is 0.163. The Morgan fingerprint density at radius 2 is 0.538 bits per heavy atom. The van der Waals surface area contributed by atoms with E-state index in [4.69, 9.17) is 0 Å². The molecule has 2 aromatic heterocycles. The van der Waals surface area contributed by atoms with Gasteiger partial charge in [0.15, 0.2) is 0 Å². The predicted molar refractivity (Wildman–Crippen MR) is 434 cm³/mol. The van der Waals surface area contributed by atoms with Crippen LogP contribution in [0.5, 0.6) is 0 Å². The molecule has 2 heterocycles. The molecule has 22 rings (SSSR count). The van der Waals surface area contributed by atoms with Crippen LogP contribution in [0.15, 0.2) is 381 Å². The highest BCUT2D eigenvalue weighted by Gasteiger charge is 2.53. The molecule has 4 nitrogen and oxygen atoms in total. The Kier molecular flexibility index (Phi) is 14.4. The van der Waals surface area contributed by atoms with Crippen LogP contribution >= 0.6 is 15.9 Å². The van der Waals surface area contributed by atoms with Gasteiger partial charge in [-0.2, -0.15) is 0 Å². The first-order valence-electron chi connectivity index (χ1n) is 35.6. The summed E-state index contributed by atoms with van der Waals surface area (Å²) in [5, 5.41) is 23.8. The van der Waals surface area contributed by atoms with Crippen LogP contribution in [0.4, 0.5) is 0 Å². The molecule has 4 aliphatic carbocycles. The predicted octanol–water partition coefficient (Wildman–Crippen LogP) is 23.4. The topological polar surface area (TPSA) is 50.3 Å². The molecule has 104 heavy (non-hydrogen) atoms. The SMILES string of the molecule is Brc1ccc2c(c1)C1(c3ccccc3-c3ccccc31)c1ccccc1-2.OB(O)c1ccc2c(c1)c1ccccc1n2-c1cccc(-c2ccccc2)c1.c1ccc(-c2cccc(-n3c4ccccc4c4cc(-c5ccc6c(c5)C5(c7ccccc7-c7ccccc75)c5ccccc5-6)ccc43)c2)cc1. The van der Waals surface area contributed by atoms with Crippen molar-refractivity contribution in [2.45, 2.75) is 10.8 Å². The molecule has 0 unspecified atom stereocenters. The monoisotopic (exact) mass is 1390 g/mol. The number of hydrogen-bond donors (Lipinski definition) is 2. The molecule has 0 bridgehead atoms. The first-order valence-corrected chi connectivity index (χ1v) is 36.4. The molecule has 0 aliphatic heterocycles. The van der Waals surface area contributed by atoms with Gasteiger partial charge in [-0.05, 0) is 201 Å². The van der Waals surface area contributed by atoms with Crippen molar-refractivity contribution < 1.29 is 10.0 Å². The Hall–Kier alpha value is -12.4. The summed E-state index contributed by atoms with van der Waals surface area (Å²) in [6.45, 7) is 0. The Balaban J connectivity index is 0.000000113. The highest BCUT2D eigenvalue weighted by atomic mass is 79.9. The number of halogens is 1. The number of hydrogen-bond acceptors (Lipinski definition) is 2.